The summed E-state index contributed by atoms with van der Waals surface area (Å²) < 4.78 is 13.0. The highest BCUT2D eigenvalue weighted by Gasteiger charge is 2.25. The predicted molar refractivity (Wildman–Crippen MR) is 88.4 cm³/mol. The van der Waals surface area contributed by atoms with E-state index < -0.39 is 0 Å². The highest BCUT2D eigenvalue weighted by molar-refractivity contribution is 5.82. The number of pyridine rings is 1. The average Bonchev–Trinajstić information content (AvgIpc) is 2.49. The molecule has 0 amide bonds. The Balaban J connectivity index is 1.72. The standard InChI is InChI=1S/C18H20FN3O/c1-22-10-12(11-22)8-15(23)9-18-16(20)6-7-17(21-18)13-2-4-14(19)5-3-13/h2-7,12H,8-11,20H2,1H3. The van der Waals surface area contributed by atoms with Crippen LogP contribution in [0.1, 0.15) is 12.1 Å². The molecule has 1 aliphatic rings. The number of ketones is 1. The third-order valence-electron chi connectivity index (χ3n) is 4.17. The van der Waals surface area contributed by atoms with Crippen molar-refractivity contribution >= 4 is 11.5 Å². The maximum atomic E-state index is 13.0. The van der Waals surface area contributed by atoms with Crippen LogP contribution in [-0.4, -0.2) is 35.8 Å². The molecule has 0 spiro atoms. The van der Waals surface area contributed by atoms with E-state index in [1.54, 1.807) is 24.3 Å². The first-order chi connectivity index (χ1) is 11.0. The molecule has 0 unspecified atom stereocenters. The number of hydrogen-bond acceptors (Lipinski definition) is 4. The minimum atomic E-state index is -0.287. The number of likely N-dealkylation sites (tertiary alicyclic amines) is 1. The highest BCUT2D eigenvalue weighted by atomic mass is 19.1. The Morgan fingerprint density at radius 3 is 2.61 bits per heavy atom. The van der Waals surface area contributed by atoms with Gasteiger partial charge in [0.1, 0.15) is 11.6 Å². The lowest BCUT2D eigenvalue weighted by Gasteiger charge is -2.35. The van der Waals surface area contributed by atoms with Gasteiger partial charge in [-0.1, -0.05) is 0 Å². The molecule has 2 N–H and O–H groups in total. The summed E-state index contributed by atoms with van der Waals surface area (Å²) in [6.07, 6.45) is 0.827. The number of nitrogen functional groups attached to an aromatic ring is 1. The number of benzene rings is 1. The third-order valence-corrected chi connectivity index (χ3v) is 4.17. The summed E-state index contributed by atoms with van der Waals surface area (Å²) >= 11 is 0. The van der Waals surface area contributed by atoms with Crippen LogP contribution in [0.25, 0.3) is 11.3 Å². The van der Waals surface area contributed by atoms with E-state index in [0.29, 0.717) is 29.4 Å². The second kappa shape index (κ2) is 6.46. The van der Waals surface area contributed by atoms with E-state index in [-0.39, 0.29) is 18.0 Å². The number of carbonyl (C=O) groups excluding carboxylic acids is 1. The fraction of sp³-hybridized carbons (Fsp3) is 0.333. The Kier molecular flexibility index (Phi) is 4.39. The maximum Gasteiger partial charge on any atom is 0.139 e. The van der Waals surface area contributed by atoms with E-state index in [1.807, 2.05) is 7.05 Å². The molecule has 0 bridgehead atoms. The zero-order chi connectivity index (χ0) is 16.4. The summed E-state index contributed by atoms with van der Waals surface area (Å²) in [6, 6.07) is 9.67. The summed E-state index contributed by atoms with van der Waals surface area (Å²) in [5.74, 6) is 0.331. The lowest BCUT2D eigenvalue weighted by molar-refractivity contribution is -0.120. The van der Waals surface area contributed by atoms with Gasteiger partial charge in [0.05, 0.1) is 23.5 Å². The topological polar surface area (TPSA) is 59.2 Å². The summed E-state index contributed by atoms with van der Waals surface area (Å²) in [5.41, 5.74) is 8.59. The average molecular weight is 313 g/mol. The fourth-order valence-electron chi connectivity index (χ4n) is 2.97. The molecule has 0 aliphatic carbocycles. The van der Waals surface area contributed by atoms with Crippen molar-refractivity contribution in [2.75, 3.05) is 25.9 Å². The van der Waals surface area contributed by atoms with Gasteiger partial charge in [-0.3, -0.25) is 9.78 Å². The molecule has 2 heterocycles. The summed E-state index contributed by atoms with van der Waals surface area (Å²) in [7, 11) is 2.05. The number of nitrogens with two attached hydrogens (primary N) is 1. The number of rotatable bonds is 5. The molecular formula is C18H20FN3O. The summed E-state index contributed by atoms with van der Waals surface area (Å²) in [5, 5.41) is 0. The van der Waals surface area contributed by atoms with Gasteiger partial charge >= 0.3 is 0 Å². The van der Waals surface area contributed by atoms with E-state index in [1.165, 1.54) is 12.1 Å². The predicted octanol–water partition coefficient (Wildman–Crippen LogP) is 2.53. The normalized spacial score (nSPS) is 15.4. The van der Waals surface area contributed by atoms with Crippen LogP contribution in [0, 0.1) is 11.7 Å². The minimum Gasteiger partial charge on any atom is -0.397 e. The first-order valence-electron chi connectivity index (χ1n) is 7.73. The van der Waals surface area contributed by atoms with Gasteiger partial charge in [0.15, 0.2) is 0 Å². The molecule has 1 aliphatic heterocycles. The molecule has 23 heavy (non-hydrogen) atoms. The van der Waals surface area contributed by atoms with Crippen LogP contribution >= 0.6 is 0 Å². The van der Waals surface area contributed by atoms with E-state index in [4.69, 9.17) is 5.73 Å². The van der Waals surface area contributed by atoms with Crippen LogP contribution in [-0.2, 0) is 11.2 Å². The van der Waals surface area contributed by atoms with E-state index in [0.717, 1.165) is 18.7 Å². The van der Waals surface area contributed by atoms with E-state index in [2.05, 4.69) is 9.88 Å². The first kappa shape index (κ1) is 15.6. The molecule has 1 fully saturated rings. The number of nitrogens with zero attached hydrogens (tertiary/aromatic N) is 2. The van der Waals surface area contributed by atoms with Gasteiger partial charge in [-0.15, -0.1) is 0 Å². The molecule has 2 aromatic rings. The molecule has 1 aromatic heterocycles. The van der Waals surface area contributed by atoms with Crippen molar-refractivity contribution in [3.05, 3.63) is 47.9 Å². The molecule has 0 atom stereocenters. The van der Waals surface area contributed by atoms with Crippen LogP contribution in [0.4, 0.5) is 10.1 Å². The zero-order valence-corrected chi connectivity index (χ0v) is 13.1. The van der Waals surface area contributed by atoms with Crippen molar-refractivity contribution in [2.45, 2.75) is 12.8 Å². The van der Waals surface area contributed by atoms with Crippen molar-refractivity contribution in [2.24, 2.45) is 5.92 Å². The largest absolute Gasteiger partial charge is 0.397 e. The van der Waals surface area contributed by atoms with Crippen LogP contribution in [0.2, 0.25) is 0 Å². The quantitative estimate of drug-likeness (QED) is 0.921. The number of anilines is 1. The van der Waals surface area contributed by atoms with Crippen molar-refractivity contribution in [1.82, 2.24) is 9.88 Å². The molecule has 120 valence electrons. The lowest BCUT2D eigenvalue weighted by atomic mass is 9.93. The van der Waals surface area contributed by atoms with Gasteiger partial charge in [-0.05, 0) is 49.4 Å². The van der Waals surface area contributed by atoms with Crippen molar-refractivity contribution in [3.63, 3.8) is 0 Å². The Hall–Kier alpha value is -2.27. The van der Waals surface area contributed by atoms with Gasteiger partial charge in [0.2, 0.25) is 0 Å². The van der Waals surface area contributed by atoms with Crippen molar-refractivity contribution < 1.29 is 9.18 Å². The SMILES string of the molecule is CN1CC(CC(=O)Cc2nc(-c3ccc(F)cc3)ccc2N)C1. The number of aromatic nitrogens is 1. The molecule has 1 saturated heterocycles. The van der Waals surface area contributed by atoms with Crippen molar-refractivity contribution in [1.29, 1.82) is 0 Å². The van der Waals surface area contributed by atoms with Gasteiger partial charge in [0.25, 0.3) is 0 Å². The number of Topliss-reactive ketones (excluding diaryl/α,β-unsaturated/α-hetero) is 1. The maximum absolute atomic E-state index is 13.0. The van der Waals surface area contributed by atoms with Gasteiger partial charge in [0, 0.05) is 25.1 Å². The Morgan fingerprint density at radius 2 is 1.96 bits per heavy atom. The van der Waals surface area contributed by atoms with Gasteiger partial charge in [-0.2, -0.15) is 0 Å². The fourth-order valence-corrected chi connectivity index (χ4v) is 2.97. The molecular weight excluding hydrogens is 293 g/mol. The first-order valence-corrected chi connectivity index (χ1v) is 7.73. The van der Waals surface area contributed by atoms with Crippen LogP contribution in [0.5, 0.6) is 0 Å². The Bertz CT molecular complexity index is 709. The number of halogens is 1. The lowest BCUT2D eigenvalue weighted by Crippen LogP contribution is -2.44. The second-order valence-corrected chi connectivity index (χ2v) is 6.25. The molecule has 0 saturated carbocycles. The molecule has 1 aromatic carbocycles. The van der Waals surface area contributed by atoms with Gasteiger partial charge in [-0.25, -0.2) is 4.39 Å². The highest BCUT2D eigenvalue weighted by Crippen LogP contribution is 2.23. The Labute approximate surface area is 135 Å². The van der Waals surface area contributed by atoms with Crippen LogP contribution in [0.3, 0.4) is 0 Å². The molecule has 3 rings (SSSR count). The third kappa shape index (κ3) is 3.74. The molecule has 5 heteroatoms. The minimum absolute atomic E-state index is 0.165. The van der Waals surface area contributed by atoms with Crippen molar-refractivity contribution in [3.8, 4) is 11.3 Å². The van der Waals surface area contributed by atoms with E-state index in [9.17, 15) is 9.18 Å². The zero-order valence-electron chi connectivity index (χ0n) is 13.1. The monoisotopic (exact) mass is 313 g/mol. The molecule has 0 radical (unpaired) electrons. The summed E-state index contributed by atoms with van der Waals surface area (Å²) in [4.78, 5) is 18.9. The second-order valence-electron chi connectivity index (χ2n) is 6.25. The van der Waals surface area contributed by atoms with E-state index >= 15 is 0 Å². The smallest absolute Gasteiger partial charge is 0.139 e. The van der Waals surface area contributed by atoms with Crippen LogP contribution in [0.15, 0.2) is 36.4 Å². The van der Waals surface area contributed by atoms with Gasteiger partial charge < -0.3 is 10.6 Å². The van der Waals surface area contributed by atoms with Crippen LogP contribution < -0.4 is 5.73 Å². The number of carbonyl (C=O) groups is 1. The summed E-state index contributed by atoms with van der Waals surface area (Å²) in [6.45, 7) is 1.95. The Morgan fingerprint density at radius 1 is 1.26 bits per heavy atom. The molecule has 4 nitrogen and oxygen atoms in total. The number of hydrogen-bond donors (Lipinski definition) is 1.